The number of thiol groups is 2. The highest BCUT2D eigenvalue weighted by atomic mass is 32.2. The molecule has 0 radical (unpaired) electrons. The van der Waals surface area contributed by atoms with Gasteiger partial charge in [0, 0.05) is 34.5 Å². The van der Waals surface area contributed by atoms with Gasteiger partial charge in [-0.3, -0.25) is 0 Å². The first-order valence-corrected chi connectivity index (χ1v) is 20.1. The second kappa shape index (κ2) is 16.6. The summed E-state index contributed by atoms with van der Waals surface area (Å²) in [5, 5.41) is 0. The topological polar surface area (TPSA) is 0 Å². The smallest absolute Gasteiger partial charge is 0.0701 e. The average molecular weight is 589 g/mol. The van der Waals surface area contributed by atoms with E-state index in [0.29, 0.717) is 8.16 Å². The van der Waals surface area contributed by atoms with Crippen molar-refractivity contribution in [2.75, 3.05) is 57.5 Å². The third kappa shape index (κ3) is 10.3. The summed E-state index contributed by atoms with van der Waals surface area (Å²) in [6.07, 6.45) is 14.0. The zero-order valence-electron chi connectivity index (χ0n) is 19.6. The van der Waals surface area contributed by atoms with E-state index in [1.54, 1.807) is 0 Å². The molecule has 3 rings (SSSR count). The predicted octanol–water partition coefficient (Wildman–Crippen LogP) is 8.81. The Hall–Kier alpha value is 2.80. The molecule has 3 fully saturated rings. The third-order valence-corrected chi connectivity index (χ3v) is 18.1. The molecule has 0 aromatic carbocycles. The van der Waals surface area contributed by atoms with Crippen LogP contribution >= 0.6 is 95.8 Å². The molecule has 0 amide bonds. The highest BCUT2D eigenvalue weighted by molar-refractivity contribution is 8.22. The zero-order valence-corrected chi connectivity index (χ0v) is 26.3. The van der Waals surface area contributed by atoms with E-state index in [1.165, 1.54) is 110 Å². The van der Waals surface area contributed by atoms with E-state index < -0.39 is 0 Å². The first kappa shape index (κ1) is 29.4. The Morgan fingerprint density at radius 2 is 0.969 bits per heavy atom. The van der Waals surface area contributed by atoms with E-state index in [0.717, 1.165) is 23.3 Å². The van der Waals surface area contributed by atoms with Gasteiger partial charge in [-0.05, 0) is 86.2 Å². The first-order valence-electron chi connectivity index (χ1n) is 12.6. The van der Waals surface area contributed by atoms with Crippen LogP contribution in [0.4, 0.5) is 0 Å². The molecule has 2 aliphatic heterocycles. The molecule has 2 saturated heterocycles. The van der Waals surface area contributed by atoms with Crippen LogP contribution in [-0.2, 0) is 0 Å². The Morgan fingerprint density at radius 3 is 1.31 bits per heavy atom. The van der Waals surface area contributed by atoms with Gasteiger partial charge >= 0.3 is 0 Å². The predicted molar refractivity (Wildman–Crippen MR) is 171 cm³/mol. The first-order chi connectivity index (χ1) is 15.7. The summed E-state index contributed by atoms with van der Waals surface area (Å²) in [5.74, 6) is 15.1. The van der Waals surface area contributed by atoms with Crippen molar-refractivity contribution in [2.24, 2.45) is 11.8 Å². The summed E-state index contributed by atoms with van der Waals surface area (Å²) in [6, 6.07) is 0. The van der Waals surface area contributed by atoms with Crippen molar-refractivity contribution in [3.8, 4) is 0 Å². The van der Waals surface area contributed by atoms with Crippen LogP contribution in [0.25, 0.3) is 0 Å². The molecule has 0 spiro atoms. The number of thioether (sulfide) groups is 6. The summed E-state index contributed by atoms with van der Waals surface area (Å²) in [7, 11) is 0. The molecule has 32 heavy (non-hydrogen) atoms. The summed E-state index contributed by atoms with van der Waals surface area (Å²) >= 11 is 22.4. The Kier molecular flexibility index (Phi) is 15.2. The maximum absolute atomic E-state index is 4.41. The van der Waals surface area contributed by atoms with E-state index >= 15 is 0 Å². The molecule has 0 N–H and O–H groups in total. The molecule has 0 atom stereocenters. The summed E-state index contributed by atoms with van der Waals surface area (Å²) in [5.41, 5.74) is 0. The van der Waals surface area contributed by atoms with Crippen LogP contribution < -0.4 is 0 Å². The summed E-state index contributed by atoms with van der Waals surface area (Å²) < 4.78 is 1.06. The van der Waals surface area contributed by atoms with Crippen molar-refractivity contribution in [3.63, 3.8) is 0 Å². The van der Waals surface area contributed by atoms with Crippen LogP contribution in [-0.4, -0.2) is 65.7 Å². The molecule has 0 bridgehead atoms. The van der Waals surface area contributed by atoms with Crippen molar-refractivity contribution in [3.05, 3.63) is 0 Å². The third-order valence-electron chi connectivity index (χ3n) is 6.88. The van der Waals surface area contributed by atoms with Gasteiger partial charge in [0.1, 0.15) is 0 Å². The molecule has 8 heteroatoms. The van der Waals surface area contributed by atoms with Crippen LogP contribution in [0.2, 0.25) is 0 Å². The Morgan fingerprint density at radius 1 is 0.594 bits per heavy atom. The largest absolute Gasteiger partial charge is 0.179 e. The molecule has 0 nitrogen and oxygen atoms in total. The normalized spacial score (nSPS) is 27.2. The lowest BCUT2D eigenvalue weighted by molar-refractivity contribution is 0.315. The molecule has 1 saturated carbocycles. The van der Waals surface area contributed by atoms with Gasteiger partial charge < -0.3 is 0 Å². The fraction of sp³-hybridized carbons (Fsp3) is 1.00. The molecular weight excluding hydrogens is 545 g/mol. The maximum Gasteiger partial charge on any atom is 0.0701 e. The lowest BCUT2D eigenvalue weighted by Gasteiger charge is -2.32. The lowest BCUT2D eigenvalue weighted by Crippen LogP contribution is -2.24. The van der Waals surface area contributed by atoms with Crippen LogP contribution in [0.5, 0.6) is 0 Å². The second-order valence-electron chi connectivity index (χ2n) is 9.49. The lowest BCUT2D eigenvalue weighted by atomic mass is 9.84. The Balaban J connectivity index is 1.28. The van der Waals surface area contributed by atoms with E-state index in [4.69, 9.17) is 0 Å². The maximum atomic E-state index is 4.41. The van der Waals surface area contributed by atoms with Crippen molar-refractivity contribution in [2.45, 2.75) is 72.4 Å². The number of unbranched alkanes of at least 4 members (excludes halogenated alkanes) is 2. The van der Waals surface area contributed by atoms with Gasteiger partial charge in [0.2, 0.25) is 0 Å². The molecular formula is C24H44S8. The fourth-order valence-corrected chi connectivity index (χ4v) is 15.8. The van der Waals surface area contributed by atoms with E-state index in [-0.39, 0.29) is 0 Å². The average Bonchev–Trinajstić information content (AvgIpc) is 3.46. The number of hydrogen-bond acceptors (Lipinski definition) is 8. The van der Waals surface area contributed by atoms with Crippen LogP contribution in [0.15, 0.2) is 0 Å². The monoisotopic (exact) mass is 588 g/mol. The quantitative estimate of drug-likeness (QED) is 0.136. The van der Waals surface area contributed by atoms with Gasteiger partial charge in [-0.25, -0.2) is 0 Å². The Labute approximate surface area is 235 Å². The van der Waals surface area contributed by atoms with E-state index in [9.17, 15) is 0 Å². The highest BCUT2D eigenvalue weighted by Crippen LogP contribution is 2.51. The van der Waals surface area contributed by atoms with E-state index in [2.05, 4.69) is 95.8 Å². The van der Waals surface area contributed by atoms with E-state index in [1.807, 2.05) is 0 Å². The minimum atomic E-state index is 0.528. The summed E-state index contributed by atoms with van der Waals surface area (Å²) in [6.45, 7) is 0. The second-order valence-corrected chi connectivity index (χ2v) is 18.9. The van der Waals surface area contributed by atoms with Gasteiger partial charge in [-0.2, -0.15) is 48.8 Å². The molecule has 0 aromatic rings. The molecule has 0 unspecified atom stereocenters. The molecule has 188 valence electrons. The SMILES string of the molecule is SCCCCC1(CSCC2CCC(CSCC3(CCCCS)SCCS3)CC2)SCCS1. The van der Waals surface area contributed by atoms with Crippen LogP contribution in [0, 0.1) is 11.8 Å². The molecule has 2 heterocycles. The van der Waals surface area contributed by atoms with Crippen molar-refractivity contribution in [1.29, 1.82) is 0 Å². The minimum absolute atomic E-state index is 0.528. The zero-order chi connectivity index (χ0) is 22.5. The van der Waals surface area contributed by atoms with Crippen LogP contribution in [0.3, 0.4) is 0 Å². The van der Waals surface area contributed by atoms with Crippen molar-refractivity contribution < 1.29 is 0 Å². The van der Waals surface area contributed by atoms with Gasteiger partial charge in [-0.15, -0.1) is 47.0 Å². The standard InChI is InChI=1S/C24H44S8/c25-11-3-1-9-23(29-13-14-30-23)19-27-17-21-5-7-22(8-6-21)18-28-20-24(10-2-4-12-26)31-15-16-32-24/h21-22,25-26H,1-20H2. The van der Waals surface area contributed by atoms with Crippen molar-refractivity contribution >= 4 is 95.8 Å². The van der Waals surface area contributed by atoms with Gasteiger partial charge in [0.05, 0.1) is 8.16 Å². The van der Waals surface area contributed by atoms with Gasteiger partial charge in [-0.1, -0.05) is 12.8 Å². The highest BCUT2D eigenvalue weighted by Gasteiger charge is 2.36. The van der Waals surface area contributed by atoms with Gasteiger partial charge in [0.15, 0.2) is 0 Å². The molecule has 1 aliphatic carbocycles. The Bertz CT molecular complexity index is 438. The fourth-order valence-electron chi connectivity index (χ4n) is 4.93. The minimum Gasteiger partial charge on any atom is -0.179 e. The van der Waals surface area contributed by atoms with Crippen molar-refractivity contribution in [1.82, 2.24) is 0 Å². The number of rotatable bonds is 16. The molecule has 0 aromatic heterocycles. The van der Waals surface area contributed by atoms with Gasteiger partial charge in [0.25, 0.3) is 0 Å². The van der Waals surface area contributed by atoms with Crippen LogP contribution in [0.1, 0.15) is 64.2 Å². The molecule has 3 aliphatic rings. The summed E-state index contributed by atoms with van der Waals surface area (Å²) in [4.78, 5) is 0. The number of hydrogen-bond donors (Lipinski definition) is 2.